The van der Waals surface area contributed by atoms with Crippen LogP contribution in [-0.4, -0.2) is 31.4 Å². The van der Waals surface area contributed by atoms with Crippen LogP contribution >= 0.6 is 0 Å². The maximum Gasteiger partial charge on any atom is 0.345 e. The molecular weight excluding hydrogens is 284 g/mol. The van der Waals surface area contributed by atoms with Crippen molar-refractivity contribution in [1.82, 2.24) is 0 Å². The first-order chi connectivity index (χ1) is 10.6. The minimum absolute atomic E-state index is 0.247. The summed E-state index contributed by atoms with van der Waals surface area (Å²) in [6.45, 7) is 0. The molecule has 0 bridgehead atoms. The van der Waals surface area contributed by atoms with E-state index in [1.165, 1.54) is 7.11 Å². The van der Waals surface area contributed by atoms with Crippen LogP contribution in [0.1, 0.15) is 5.56 Å². The molecule has 0 radical (unpaired) electrons. The number of methoxy groups -OCH3 is 2. The fourth-order valence-corrected chi connectivity index (χ4v) is 2.02. The predicted octanol–water partition coefficient (Wildman–Crippen LogP) is 2.78. The first-order valence-corrected chi connectivity index (χ1v) is 6.79. The van der Waals surface area contributed by atoms with Crippen LogP contribution in [-0.2, 0) is 11.2 Å². The molecule has 5 nitrogen and oxygen atoms in total. The minimum atomic E-state index is -1.03. The Morgan fingerprint density at radius 3 is 2.18 bits per heavy atom. The lowest BCUT2D eigenvalue weighted by Gasteiger charge is -2.17. The van der Waals surface area contributed by atoms with Crippen molar-refractivity contribution in [2.24, 2.45) is 0 Å². The maximum atomic E-state index is 11.4. The molecule has 0 fully saturated rings. The highest BCUT2D eigenvalue weighted by atomic mass is 16.5. The molecular formula is C17H18O5. The monoisotopic (exact) mass is 302 g/mol. The molecule has 0 aliphatic rings. The third kappa shape index (κ3) is 3.91. The van der Waals surface area contributed by atoms with Crippen molar-refractivity contribution in [2.45, 2.75) is 12.5 Å². The molecule has 0 amide bonds. The van der Waals surface area contributed by atoms with Gasteiger partial charge in [-0.2, -0.15) is 0 Å². The highest BCUT2D eigenvalue weighted by molar-refractivity contribution is 5.73. The highest BCUT2D eigenvalue weighted by Crippen LogP contribution is 2.27. The number of para-hydroxylation sites is 2. The summed E-state index contributed by atoms with van der Waals surface area (Å²) < 4.78 is 15.9. The average Bonchev–Trinajstić information content (AvgIpc) is 2.55. The van der Waals surface area contributed by atoms with E-state index in [9.17, 15) is 9.90 Å². The number of carbonyl (C=O) groups is 1. The predicted molar refractivity (Wildman–Crippen MR) is 81.7 cm³/mol. The molecule has 2 rings (SSSR count). The Morgan fingerprint density at radius 2 is 1.64 bits per heavy atom. The van der Waals surface area contributed by atoms with Crippen molar-refractivity contribution >= 4 is 5.97 Å². The quantitative estimate of drug-likeness (QED) is 0.852. The summed E-state index contributed by atoms with van der Waals surface area (Å²) in [6.07, 6.45) is -0.748. The van der Waals surface area contributed by atoms with Crippen molar-refractivity contribution in [3.05, 3.63) is 54.1 Å². The molecule has 1 N–H and O–H groups in total. The number of hydrogen-bond acceptors (Lipinski definition) is 4. The van der Waals surface area contributed by atoms with Crippen molar-refractivity contribution in [3.63, 3.8) is 0 Å². The van der Waals surface area contributed by atoms with Crippen LogP contribution < -0.4 is 14.2 Å². The van der Waals surface area contributed by atoms with Crippen LogP contribution in [0.3, 0.4) is 0 Å². The van der Waals surface area contributed by atoms with Crippen LogP contribution in [0.4, 0.5) is 0 Å². The maximum absolute atomic E-state index is 11.4. The van der Waals surface area contributed by atoms with Gasteiger partial charge in [-0.3, -0.25) is 0 Å². The van der Waals surface area contributed by atoms with Crippen LogP contribution in [0.25, 0.3) is 0 Å². The Hall–Kier alpha value is -2.69. The molecule has 1 atom stereocenters. The van der Waals surface area contributed by atoms with E-state index in [1.807, 2.05) is 12.1 Å². The molecule has 2 aromatic rings. The van der Waals surface area contributed by atoms with Crippen molar-refractivity contribution in [2.75, 3.05) is 14.2 Å². The molecule has 22 heavy (non-hydrogen) atoms. The van der Waals surface area contributed by atoms with Gasteiger partial charge >= 0.3 is 5.97 Å². The van der Waals surface area contributed by atoms with Gasteiger partial charge in [-0.1, -0.05) is 24.3 Å². The number of carboxylic acids is 1. The summed E-state index contributed by atoms with van der Waals surface area (Å²) in [5.74, 6) is 0.609. The van der Waals surface area contributed by atoms with Crippen molar-refractivity contribution in [1.29, 1.82) is 0 Å². The Bertz CT molecular complexity index is 621. The van der Waals surface area contributed by atoms with E-state index in [2.05, 4.69) is 0 Å². The van der Waals surface area contributed by atoms with Gasteiger partial charge in [0.2, 0.25) is 0 Å². The molecule has 0 saturated carbocycles. The normalized spacial score (nSPS) is 11.5. The second-order valence-electron chi connectivity index (χ2n) is 4.65. The number of carboxylic acid groups (broad SMARTS) is 1. The van der Waals surface area contributed by atoms with E-state index >= 15 is 0 Å². The Kier molecular flexibility index (Phi) is 5.25. The lowest BCUT2D eigenvalue weighted by molar-refractivity contribution is -0.145. The van der Waals surface area contributed by atoms with Gasteiger partial charge in [0.1, 0.15) is 5.75 Å². The smallest absolute Gasteiger partial charge is 0.345 e. The standard InChI is InChI=1S/C17H18O5/c1-20-13-9-7-12(8-10-13)11-16(17(18)19)22-15-6-4-3-5-14(15)21-2/h3-10,16H,11H2,1-2H3,(H,18,19)/t16-/m1/s1. The summed E-state index contributed by atoms with van der Waals surface area (Å²) >= 11 is 0. The zero-order valence-corrected chi connectivity index (χ0v) is 12.5. The number of rotatable bonds is 7. The molecule has 116 valence electrons. The Morgan fingerprint density at radius 1 is 1.00 bits per heavy atom. The van der Waals surface area contributed by atoms with Gasteiger partial charge in [0, 0.05) is 6.42 Å². The largest absolute Gasteiger partial charge is 0.497 e. The number of hydrogen-bond donors (Lipinski definition) is 1. The molecule has 0 unspecified atom stereocenters. The topological polar surface area (TPSA) is 65.0 Å². The van der Waals surface area contributed by atoms with E-state index < -0.39 is 12.1 Å². The third-order valence-corrected chi connectivity index (χ3v) is 3.19. The van der Waals surface area contributed by atoms with Crippen molar-refractivity contribution < 1.29 is 24.1 Å². The number of aliphatic carboxylic acids is 1. The molecule has 0 aliphatic heterocycles. The van der Waals surface area contributed by atoms with Crippen LogP contribution in [0.15, 0.2) is 48.5 Å². The molecule has 2 aromatic carbocycles. The summed E-state index contributed by atoms with van der Waals surface area (Å²) in [7, 11) is 3.10. The minimum Gasteiger partial charge on any atom is -0.497 e. The van der Waals surface area contributed by atoms with E-state index in [0.717, 1.165) is 11.3 Å². The number of ether oxygens (including phenoxy) is 3. The SMILES string of the molecule is COc1ccc(C[C@@H](Oc2ccccc2OC)C(=O)O)cc1. The molecule has 0 spiro atoms. The Labute approximate surface area is 129 Å². The van der Waals surface area contributed by atoms with Gasteiger partial charge in [-0.15, -0.1) is 0 Å². The zero-order chi connectivity index (χ0) is 15.9. The third-order valence-electron chi connectivity index (χ3n) is 3.19. The van der Waals surface area contributed by atoms with Crippen LogP contribution in [0, 0.1) is 0 Å². The van der Waals surface area contributed by atoms with Gasteiger partial charge in [-0.25, -0.2) is 4.79 Å². The van der Waals surface area contributed by atoms with Crippen molar-refractivity contribution in [3.8, 4) is 17.2 Å². The van der Waals surface area contributed by atoms with E-state index in [-0.39, 0.29) is 6.42 Å². The van der Waals surface area contributed by atoms with Gasteiger partial charge in [-0.05, 0) is 29.8 Å². The molecule has 0 aliphatic carbocycles. The lowest BCUT2D eigenvalue weighted by atomic mass is 10.1. The molecule has 0 aromatic heterocycles. The van der Waals surface area contributed by atoms with Gasteiger partial charge in [0.25, 0.3) is 0 Å². The average molecular weight is 302 g/mol. The van der Waals surface area contributed by atoms with Crippen LogP contribution in [0.5, 0.6) is 17.2 Å². The zero-order valence-electron chi connectivity index (χ0n) is 12.5. The van der Waals surface area contributed by atoms with E-state index in [4.69, 9.17) is 14.2 Å². The molecule has 5 heteroatoms. The van der Waals surface area contributed by atoms with Crippen LogP contribution in [0.2, 0.25) is 0 Å². The highest BCUT2D eigenvalue weighted by Gasteiger charge is 2.21. The second kappa shape index (κ2) is 7.36. The lowest BCUT2D eigenvalue weighted by Crippen LogP contribution is -2.29. The fraction of sp³-hybridized carbons (Fsp3) is 0.235. The second-order valence-corrected chi connectivity index (χ2v) is 4.65. The fourth-order valence-electron chi connectivity index (χ4n) is 2.02. The van der Waals surface area contributed by atoms with Gasteiger partial charge in [0.05, 0.1) is 14.2 Å². The number of benzene rings is 2. The summed E-state index contributed by atoms with van der Waals surface area (Å²) in [4.78, 5) is 11.4. The first-order valence-electron chi connectivity index (χ1n) is 6.79. The summed E-state index contributed by atoms with van der Waals surface area (Å²) in [5, 5.41) is 9.37. The molecule has 0 heterocycles. The van der Waals surface area contributed by atoms with Gasteiger partial charge < -0.3 is 19.3 Å². The Balaban J connectivity index is 2.14. The van der Waals surface area contributed by atoms with E-state index in [1.54, 1.807) is 43.5 Å². The summed E-state index contributed by atoms with van der Waals surface area (Å²) in [6, 6.07) is 14.2. The first kappa shape index (κ1) is 15.7. The van der Waals surface area contributed by atoms with Gasteiger partial charge in [0.15, 0.2) is 17.6 Å². The molecule has 0 saturated heterocycles. The summed E-state index contributed by atoms with van der Waals surface area (Å²) in [5.41, 5.74) is 0.850. The van der Waals surface area contributed by atoms with E-state index in [0.29, 0.717) is 11.5 Å².